The Morgan fingerprint density at radius 2 is 1.94 bits per heavy atom. The Hall–Kier alpha value is -3.15. The molecule has 0 bridgehead atoms. The van der Waals surface area contributed by atoms with Gasteiger partial charge in [0.15, 0.2) is 11.4 Å². The first-order chi connectivity index (χ1) is 15.2. The molecule has 0 aliphatic carbocycles. The second-order valence-corrected chi connectivity index (χ2v) is 8.97. The number of amides is 1. The minimum absolute atomic E-state index is 0.116. The monoisotopic (exact) mass is 462 g/mol. The van der Waals surface area contributed by atoms with E-state index in [1.165, 1.54) is 25.4 Å². The molecule has 2 aromatic heterocycles. The normalized spacial score (nSPS) is 11.6. The van der Waals surface area contributed by atoms with Crippen LogP contribution in [-0.4, -0.2) is 55.9 Å². The Labute approximate surface area is 184 Å². The Morgan fingerprint density at radius 1 is 1.22 bits per heavy atom. The highest BCUT2D eigenvalue weighted by molar-refractivity contribution is 7.88. The van der Waals surface area contributed by atoms with Gasteiger partial charge in [0.05, 0.1) is 25.1 Å². The fraction of sp³-hybridized carbons (Fsp3) is 0.286. The number of fused-ring (bicyclic) bond motifs is 1. The maximum atomic E-state index is 13.2. The van der Waals surface area contributed by atoms with Crippen molar-refractivity contribution in [3.8, 4) is 5.75 Å². The molecule has 0 atom stereocenters. The van der Waals surface area contributed by atoms with Gasteiger partial charge >= 0.3 is 0 Å². The summed E-state index contributed by atoms with van der Waals surface area (Å²) >= 11 is 0. The molecule has 3 rings (SSSR count). The van der Waals surface area contributed by atoms with Crippen LogP contribution in [0.2, 0.25) is 0 Å². The van der Waals surface area contributed by atoms with Crippen molar-refractivity contribution in [1.29, 1.82) is 0 Å². The van der Waals surface area contributed by atoms with E-state index in [0.717, 1.165) is 17.4 Å². The lowest BCUT2D eigenvalue weighted by molar-refractivity contribution is 0.0929. The standard InChI is InChI=1S/C21H23FN4O5S/c1-31-8-7-23-21(28)19-20(27)18-16(17(26-19)12-25-32(2,29)30)10-14(11-24-18)9-13-3-5-15(22)6-4-13/h3-6,10-11,25,27H,7-9,12H2,1-2H3,(H,23,28). The number of benzene rings is 1. The summed E-state index contributed by atoms with van der Waals surface area (Å²) in [6, 6.07) is 7.72. The minimum Gasteiger partial charge on any atom is -0.504 e. The summed E-state index contributed by atoms with van der Waals surface area (Å²) in [5.41, 5.74) is 1.66. The number of methoxy groups -OCH3 is 1. The van der Waals surface area contributed by atoms with Crippen molar-refractivity contribution < 1.29 is 27.4 Å². The number of sulfonamides is 1. The molecule has 0 unspecified atom stereocenters. The summed E-state index contributed by atoms with van der Waals surface area (Å²) in [5.74, 6) is -1.39. The summed E-state index contributed by atoms with van der Waals surface area (Å²) in [6.45, 7) is 0.276. The molecule has 1 aromatic carbocycles. The predicted octanol–water partition coefficient (Wildman–Crippen LogP) is 1.49. The van der Waals surface area contributed by atoms with Crippen LogP contribution in [0.15, 0.2) is 36.5 Å². The number of pyridine rings is 2. The molecule has 0 aliphatic rings. The molecule has 0 aliphatic heterocycles. The van der Waals surface area contributed by atoms with E-state index in [9.17, 15) is 22.7 Å². The number of carbonyl (C=O) groups excluding carboxylic acids is 1. The first-order valence-corrected chi connectivity index (χ1v) is 11.5. The van der Waals surface area contributed by atoms with Gasteiger partial charge < -0.3 is 15.2 Å². The van der Waals surface area contributed by atoms with Gasteiger partial charge in [-0.3, -0.25) is 9.78 Å². The molecule has 3 N–H and O–H groups in total. The SMILES string of the molecule is COCCNC(=O)c1nc(CNS(C)(=O)=O)c2cc(Cc3ccc(F)cc3)cnc2c1O. The third-order valence-electron chi connectivity index (χ3n) is 4.58. The van der Waals surface area contributed by atoms with Crippen LogP contribution in [0, 0.1) is 5.82 Å². The maximum absolute atomic E-state index is 13.2. The number of hydrogen-bond acceptors (Lipinski definition) is 7. The number of rotatable bonds is 9. The zero-order valence-corrected chi connectivity index (χ0v) is 18.4. The van der Waals surface area contributed by atoms with Crippen molar-refractivity contribution in [1.82, 2.24) is 20.0 Å². The summed E-state index contributed by atoms with van der Waals surface area (Å²) < 4.78 is 43.6. The third-order valence-corrected chi connectivity index (χ3v) is 5.25. The van der Waals surface area contributed by atoms with Gasteiger partial charge in [-0.2, -0.15) is 0 Å². The van der Waals surface area contributed by atoms with Crippen molar-refractivity contribution in [2.75, 3.05) is 26.5 Å². The van der Waals surface area contributed by atoms with E-state index in [1.54, 1.807) is 18.2 Å². The van der Waals surface area contributed by atoms with Crippen molar-refractivity contribution in [3.63, 3.8) is 0 Å². The molecular formula is C21H23FN4O5S. The molecule has 11 heteroatoms. The molecule has 1 amide bonds. The summed E-state index contributed by atoms with van der Waals surface area (Å²) in [4.78, 5) is 21.0. The fourth-order valence-electron chi connectivity index (χ4n) is 3.05. The van der Waals surface area contributed by atoms with Crippen LogP contribution >= 0.6 is 0 Å². The number of aromatic hydroxyl groups is 1. The molecule has 0 radical (unpaired) electrons. The number of carbonyl (C=O) groups is 1. The number of nitrogens with zero attached hydrogens (tertiary/aromatic N) is 2. The average Bonchev–Trinajstić information content (AvgIpc) is 2.74. The van der Waals surface area contributed by atoms with Gasteiger partial charge in [-0.05, 0) is 35.7 Å². The van der Waals surface area contributed by atoms with Crippen molar-refractivity contribution >= 4 is 26.8 Å². The average molecular weight is 463 g/mol. The Bertz CT molecular complexity index is 1230. The second kappa shape index (κ2) is 9.98. The van der Waals surface area contributed by atoms with Gasteiger partial charge in [0.1, 0.15) is 11.3 Å². The maximum Gasteiger partial charge on any atom is 0.273 e. The topological polar surface area (TPSA) is 131 Å². The van der Waals surface area contributed by atoms with Crippen LogP contribution in [0.5, 0.6) is 5.75 Å². The molecule has 9 nitrogen and oxygen atoms in total. The van der Waals surface area contributed by atoms with Crippen molar-refractivity contribution in [2.45, 2.75) is 13.0 Å². The summed E-state index contributed by atoms with van der Waals surface area (Å²) in [6.07, 6.45) is 2.97. The minimum atomic E-state index is -3.54. The molecule has 0 fully saturated rings. The van der Waals surface area contributed by atoms with Crippen LogP contribution < -0.4 is 10.0 Å². The molecule has 3 aromatic rings. The van der Waals surface area contributed by atoms with Crippen molar-refractivity contribution in [2.24, 2.45) is 0 Å². The van der Waals surface area contributed by atoms with E-state index < -0.39 is 21.7 Å². The quantitative estimate of drug-likeness (QED) is 0.411. The number of nitrogens with one attached hydrogen (secondary N) is 2. The highest BCUT2D eigenvalue weighted by atomic mass is 32.2. The zero-order chi connectivity index (χ0) is 23.3. The Morgan fingerprint density at radius 3 is 2.59 bits per heavy atom. The van der Waals surface area contributed by atoms with E-state index in [1.807, 2.05) is 0 Å². The van der Waals surface area contributed by atoms with Crippen LogP contribution in [-0.2, 0) is 27.7 Å². The van der Waals surface area contributed by atoms with E-state index >= 15 is 0 Å². The highest BCUT2D eigenvalue weighted by Crippen LogP contribution is 2.29. The van der Waals surface area contributed by atoms with Gasteiger partial charge in [-0.1, -0.05) is 12.1 Å². The van der Waals surface area contributed by atoms with Gasteiger partial charge in [0, 0.05) is 25.2 Å². The third kappa shape index (κ3) is 5.96. The van der Waals surface area contributed by atoms with Gasteiger partial charge in [-0.25, -0.2) is 22.5 Å². The Kier molecular flexibility index (Phi) is 7.33. The van der Waals surface area contributed by atoms with Crippen LogP contribution in [0.3, 0.4) is 0 Å². The smallest absolute Gasteiger partial charge is 0.273 e. The molecule has 170 valence electrons. The first-order valence-electron chi connectivity index (χ1n) is 9.64. The van der Waals surface area contributed by atoms with Crippen LogP contribution in [0.4, 0.5) is 4.39 Å². The highest BCUT2D eigenvalue weighted by Gasteiger charge is 2.21. The zero-order valence-electron chi connectivity index (χ0n) is 17.6. The Balaban J connectivity index is 2.03. The van der Waals surface area contributed by atoms with Crippen LogP contribution in [0.1, 0.15) is 27.3 Å². The van der Waals surface area contributed by atoms with E-state index in [2.05, 4.69) is 20.0 Å². The molecule has 0 saturated heterocycles. The predicted molar refractivity (Wildman–Crippen MR) is 116 cm³/mol. The van der Waals surface area contributed by atoms with E-state index in [0.29, 0.717) is 11.8 Å². The molecule has 0 saturated carbocycles. The van der Waals surface area contributed by atoms with Gasteiger partial charge in [0.2, 0.25) is 10.0 Å². The first kappa shape index (κ1) is 23.5. The molecule has 0 spiro atoms. The number of hydrogen-bond donors (Lipinski definition) is 3. The number of ether oxygens (including phenoxy) is 1. The number of halogens is 1. The lowest BCUT2D eigenvalue weighted by atomic mass is 10.0. The number of aromatic nitrogens is 2. The largest absolute Gasteiger partial charge is 0.504 e. The van der Waals surface area contributed by atoms with Crippen LogP contribution in [0.25, 0.3) is 10.9 Å². The van der Waals surface area contributed by atoms with Gasteiger partial charge in [0.25, 0.3) is 5.91 Å². The summed E-state index contributed by atoms with van der Waals surface area (Å²) in [7, 11) is -2.05. The van der Waals surface area contributed by atoms with Crippen molar-refractivity contribution in [3.05, 3.63) is 64.9 Å². The lowest BCUT2D eigenvalue weighted by Crippen LogP contribution is -2.29. The molecule has 2 heterocycles. The van der Waals surface area contributed by atoms with E-state index in [-0.39, 0.29) is 42.4 Å². The lowest BCUT2D eigenvalue weighted by Gasteiger charge is -2.13. The summed E-state index contributed by atoms with van der Waals surface area (Å²) in [5, 5.41) is 13.6. The van der Waals surface area contributed by atoms with Gasteiger partial charge in [-0.15, -0.1) is 0 Å². The molecular weight excluding hydrogens is 439 g/mol. The van der Waals surface area contributed by atoms with E-state index in [4.69, 9.17) is 4.74 Å². The second-order valence-electron chi connectivity index (χ2n) is 7.14. The molecule has 32 heavy (non-hydrogen) atoms. The fourth-order valence-corrected chi connectivity index (χ4v) is 3.45.